The van der Waals surface area contributed by atoms with Crippen molar-refractivity contribution in [2.24, 2.45) is 5.73 Å². The Morgan fingerprint density at radius 2 is 0.547 bits per heavy atom. The van der Waals surface area contributed by atoms with Crippen molar-refractivity contribution < 1.29 is 37.6 Å². The minimum absolute atomic E-state index is 0.0569. The molecule has 0 aliphatic heterocycles. The number of allylic oxidation sites excluding steroid dienone is 6. The molecule has 0 radical (unpaired) electrons. The molecule has 0 aliphatic carbocycles. The Kier molecular flexibility index (Phi) is 79.7. The van der Waals surface area contributed by atoms with Gasteiger partial charge in [0.1, 0.15) is 6.61 Å². The monoisotopic (exact) mass is 1360 g/mol. The largest absolute Gasteiger partial charge is 0.472 e. The van der Waals surface area contributed by atoms with Crippen molar-refractivity contribution in [1.82, 2.24) is 0 Å². The van der Waals surface area contributed by atoms with Crippen molar-refractivity contribution in [1.29, 1.82) is 0 Å². The minimum atomic E-state index is -4.39. The van der Waals surface area contributed by atoms with Crippen LogP contribution in [0.3, 0.4) is 0 Å². The number of hydrogen-bond acceptors (Lipinski definition) is 8. The summed E-state index contributed by atoms with van der Waals surface area (Å²) in [5, 5.41) is 0. The van der Waals surface area contributed by atoms with Crippen LogP contribution in [0, 0.1) is 0 Å². The molecule has 0 saturated carbocycles. The van der Waals surface area contributed by atoms with Gasteiger partial charge in [-0.1, -0.05) is 436 Å². The number of nitrogens with two attached hydrogens (primary N) is 1. The molecule has 0 fully saturated rings. The van der Waals surface area contributed by atoms with Gasteiger partial charge in [-0.05, 0) is 51.4 Å². The summed E-state index contributed by atoms with van der Waals surface area (Å²) < 4.78 is 33.3. The van der Waals surface area contributed by atoms with Gasteiger partial charge in [-0.25, -0.2) is 4.57 Å². The van der Waals surface area contributed by atoms with Gasteiger partial charge in [-0.3, -0.25) is 18.6 Å². The van der Waals surface area contributed by atoms with E-state index in [1.165, 1.54) is 385 Å². The maximum atomic E-state index is 12.8. The topological polar surface area (TPSA) is 134 Å². The van der Waals surface area contributed by atoms with Crippen LogP contribution in [0.2, 0.25) is 0 Å². The number of phosphoric acid groups is 1. The van der Waals surface area contributed by atoms with Crippen LogP contribution in [0.15, 0.2) is 36.5 Å². The maximum Gasteiger partial charge on any atom is 0.472 e. The molecule has 562 valence electrons. The van der Waals surface area contributed by atoms with E-state index in [1.807, 2.05) is 0 Å². The highest BCUT2D eigenvalue weighted by Gasteiger charge is 2.26. The van der Waals surface area contributed by atoms with Gasteiger partial charge in [-0.15, -0.1) is 0 Å². The van der Waals surface area contributed by atoms with Gasteiger partial charge in [0.05, 0.1) is 13.2 Å². The van der Waals surface area contributed by atoms with E-state index in [1.54, 1.807) is 0 Å². The highest BCUT2D eigenvalue weighted by atomic mass is 31.2. The number of ether oxygens (including phenoxy) is 2. The third-order valence-electron chi connectivity index (χ3n) is 19.5. The molecule has 9 nitrogen and oxygen atoms in total. The Labute approximate surface area is 592 Å². The summed E-state index contributed by atoms with van der Waals surface area (Å²) in [7, 11) is -4.39. The van der Waals surface area contributed by atoms with Gasteiger partial charge in [-0.2, -0.15) is 0 Å². The predicted octanol–water partition coefficient (Wildman–Crippen LogP) is 28.5. The molecule has 0 aliphatic rings. The SMILES string of the molecule is CCCCCCC/C=C\C/C=C\C/C=C\CCCCCCCCCCCCCCCCCCCCCCCCC(=O)OC(COC(=O)CCCCCCCCCCCCCCCCCCCCCCCCCCCCCCCCCCCCCCC)COP(=O)(O)OCCN. The van der Waals surface area contributed by atoms with E-state index in [4.69, 9.17) is 24.3 Å². The van der Waals surface area contributed by atoms with Crippen LogP contribution in [0.5, 0.6) is 0 Å². The van der Waals surface area contributed by atoms with Crippen LogP contribution in [-0.2, 0) is 32.7 Å². The van der Waals surface area contributed by atoms with Crippen molar-refractivity contribution in [2.75, 3.05) is 26.4 Å². The van der Waals surface area contributed by atoms with Crippen LogP contribution < -0.4 is 5.73 Å². The quantitative estimate of drug-likeness (QED) is 0.0264. The first-order valence-electron chi connectivity index (χ1n) is 42.5. The van der Waals surface area contributed by atoms with E-state index < -0.39 is 26.5 Å². The average Bonchev–Trinajstić information content (AvgIpc) is 2.64. The zero-order chi connectivity index (χ0) is 68.6. The number of rotatable bonds is 82. The van der Waals surface area contributed by atoms with E-state index in [0.29, 0.717) is 6.42 Å². The Hall–Kier alpha value is -1.77. The molecule has 0 aromatic heterocycles. The second-order valence-corrected chi connectivity index (χ2v) is 30.5. The van der Waals surface area contributed by atoms with E-state index in [9.17, 15) is 19.0 Å². The first kappa shape index (κ1) is 93.2. The predicted molar refractivity (Wildman–Crippen MR) is 414 cm³/mol. The molecular formula is C85H164NO8P. The van der Waals surface area contributed by atoms with Crippen molar-refractivity contribution in [2.45, 2.75) is 469 Å². The molecule has 0 aromatic carbocycles. The molecule has 10 heteroatoms. The molecule has 95 heavy (non-hydrogen) atoms. The molecule has 0 saturated heterocycles. The standard InChI is InChI=1S/C85H164NO8P/c1-3-5-7-9-11-13-15-17-19-21-23-25-27-29-31-33-35-37-39-41-43-45-47-49-51-53-55-57-59-61-63-65-67-69-71-73-75-77-84(87)91-81-83(82-93-95(89,90)92-80-79-86)94-85(88)78-76-74-72-70-68-66-64-62-60-58-56-54-52-50-48-46-44-42-40-38-36-34-32-30-28-26-24-22-20-18-16-14-12-10-8-6-4-2/h16,18,22,24,28,30,83H,3-15,17,19-21,23,25-27,29,31-82,86H2,1-2H3,(H,89,90)/b18-16-,24-22-,30-28-. The maximum absolute atomic E-state index is 12.8. The Balaban J connectivity index is 3.72. The summed E-state index contributed by atoms with van der Waals surface area (Å²) in [6.07, 6.45) is 105. The fraction of sp³-hybridized carbons (Fsp3) is 0.906. The summed E-state index contributed by atoms with van der Waals surface area (Å²) in [6, 6.07) is 0. The lowest BCUT2D eigenvalue weighted by molar-refractivity contribution is -0.161. The third-order valence-corrected chi connectivity index (χ3v) is 20.5. The number of unbranched alkanes of at least 4 members (excludes halogenated alkanes) is 63. The Morgan fingerprint density at radius 1 is 0.316 bits per heavy atom. The molecule has 0 bridgehead atoms. The van der Waals surface area contributed by atoms with Crippen molar-refractivity contribution in [3.8, 4) is 0 Å². The summed E-state index contributed by atoms with van der Waals surface area (Å²) >= 11 is 0. The molecule has 0 spiro atoms. The van der Waals surface area contributed by atoms with Gasteiger partial charge in [0.25, 0.3) is 0 Å². The summed E-state index contributed by atoms with van der Waals surface area (Å²) in [4.78, 5) is 35.5. The lowest BCUT2D eigenvalue weighted by Crippen LogP contribution is -2.29. The second kappa shape index (κ2) is 81.2. The number of carbonyl (C=O) groups excluding carboxylic acids is 2. The fourth-order valence-electron chi connectivity index (χ4n) is 13.2. The third kappa shape index (κ3) is 81.1. The van der Waals surface area contributed by atoms with E-state index in [0.717, 1.165) is 44.9 Å². The lowest BCUT2D eigenvalue weighted by atomic mass is 10.0. The molecular weight excluding hydrogens is 1190 g/mol. The van der Waals surface area contributed by atoms with Gasteiger partial charge < -0.3 is 20.1 Å². The number of hydrogen-bond donors (Lipinski definition) is 2. The molecule has 2 unspecified atom stereocenters. The van der Waals surface area contributed by atoms with Crippen LogP contribution in [-0.4, -0.2) is 49.3 Å². The van der Waals surface area contributed by atoms with Gasteiger partial charge in [0, 0.05) is 19.4 Å². The molecule has 0 heterocycles. The average molecular weight is 1360 g/mol. The zero-order valence-electron chi connectivity index (χ0n) is 63.7. The smallest absolute Gasteiger partial charge is 0.462 e. The van der Waals surface area contributed by atoms with E-state index >= 15 is 0 Å². The minimum Gasteiger partial charge on any atom is -0.462 e. The number of esters is 2. The van der Waals surface area contributed by atoms with E-state index in [-0.39, 0.29) is 38.6 Å². The highest BCUT2D eigenvalue weighted by Crippen LogP contribution is 2.43. The summed E-state index contributed by atoms with van der Waals surface area (Å²) in [5.74, 6) is -0.798. The van der Waals surface area contributed by atoms with Crippen molar-refractivity contribution in [3.63, 3.8) is 0 Å². The van der Waals surface area contributed by atoms with Gasteiger partial charge in [0.15, 0.2) is 6.10 Å². The van der Waals surface area contributed by atoms with Crippen LogP contribution in [0.4, 0.5) is 0 Å². The number of phosphoric ester groups is 1. The fourth-order valence-corrected chi connectivity index (χ4v) is 14.0. The zero-order valence-corrected chi connectivity index (χ0v) is 64.6. The number of carbonyl (C=O) groups is 2. The summed E-state index contributed by atoms with van der Waals surface area (Å²) in [5.41, 5.74) is 5.42. The van der Waals surface area contributed by atoms with Crippen LogP contribution in [0.1, 0.15) is 463 Å². The Morgan fingerprint density at radius 3 is 0.811 bits per heavy atom. The van der Waals surface area contributed by atoms with Gasteiger partial charge >= 0.3 is 19.8 Å². The first-order valence-corrected chi connectivity index (χ1v) is 44.0. The molecule has 0 rings (SSSR count). The first-order chi connectivity index (χ1) is 46.8. The lowest BCUT2D eigenvalue weighted by Gasteiger charge is -2.19. The molecule has 2 atom stereocenters. The molecule has 0 aromatic rings. The van der Waals surface area contributed by atoms with E-state index in [2.05, 4.69) is 50.3 Å². The van der Waals surface area contributed by atoms with Crippen molar-refractivity contribution >= 4 is 19.8 Å². The van der Waals surface area contributed by atoms with Crippen LogP contribution >= 0.6 is 7.82 Å². The molecule has 3 N–H and O–H groups in total. The highest BCUT2D eigenvalue weighted by molar-refractivity contribution is 7.47. The summed E-state index contributed by atoms with van der Waals surface area (Å²) in [6.45, 7) is 3.83. The van der Waals surface area contributed by atoms with Crippen molar-refractivity contribution in [3.05, 3.63) is 36.5 Å². The Bertz CT molecular complexity index is 1650. The van der Waals surface area contributed by atoms with Crippen LogP contribution in [0.25, 0.3) is 0 Å². The van der Waals surface area contributed by atoms with Gasteiger partial charge in [0.2, 0.25) is 0 Å². The molecule has 0 amide bonds. The normalized spacial score (nSPS) is 12.9. The second-order valence-electron chi connectivity index (χ2n) is 29.1.